The van der Waals surface area contributed by atoms with Crippen LogP contribution in [0.4, 0.5) is 10.5 Å². The van der Waals surface area contributed by atoms with Crippen molar-refractivity contribution >= 4 is 39.3 Å². The maximum absolute atomic E-state index is 13.6. The highest BCUT2D eigenvalue weighted by Crippen LogP contribution is 2.47. The number of sulfonamides is 1. The zero-order chi connectivity index (χ0) is 33.7. The molecule has 1 saturated carbocycles. The van der Waals surface area contributed by atoms with Gasteiger partial charge in [-0.2, -0.15) is 0 Å². The van der Waals surface area contributed by atoms with E-state index in [9.17, 15) is 18.0 Å². The van der Waals surface area contributed by atoms with Gasteiger partial charge in [-0.3, -0.25) is 4.79 Å². The SMILES string of the molecule is CC1(C)OC/C=C\[C@H](OC(=O)N2CCCC2)[C@@H]2CC[C@H]2CN2C[C@@]3(CCCc4cc(Cl)ccc43)COc3ccc(cc32)S(=O)(=O)NC1=O. The normalized spacial score (nSPS) is 30.1. The molecule has 2 bridgehead atoms. The Bertz CT molecular complexity index is 1720. The van der Waals surface area contributed by atoms with Crippen molar-refractivity contribution in [2.75, 3.05) is 44.3 Å². The number of nitrogens with one attached hydrogen (secondary N) is 1. The number of ether oxygens (including phenoxy) is 3. The fourth-order valence-corrected chi connectivity index (χ4v) is 9.29. The highest BCUT2D eigenvalue weighted by molar-refractivity contribution is 7.90. The zero-order valence-electron chi connectivity index (χ0n) is 27.6. The maximum atomic E-state index is 13.6. The van der Waals surface area contributed by atoms with Gasteiger partial charge in [-0.15, -0.1) is 0 Å². The van der Waals surface area contributed by atoms with Gasteiger partial charge >= 0.3 is 6.09 Å². The molecule has 0 radical (unpaired) electrons. The summed E-state index contributed by atoms with van der Waals surface area (Å²) in [5.74, 6) is 0.0480. The van der Waals surface area contributed by atoms with Gasteiger partial charge in [0.15, 0.2) is 0 Å². The van der Waals surface area contributed by atoms with Crippen LogP contribution in [0.25, 0.3) is 0 Å². The van der Waals surface area contributed by atoms with Gasteiger partial charge in [0.25, 0.3) is 15.9 Å². The van der Waals surface area contributed by atoms with Crippen molar-refractivity contribution in [3.05, 3.63) is 64.7 Å². The summed E-state index contributed by atoms with van der Waals surface area (Å²) in [5.41, 5.74) is 1.31. The van der Waals surface area contributed by atoms with Crippen molar-refractivity contribution in [1.82, 2.24) is 9.62 Å². The molecule has 2 amide bonds. The number of fused-ring (bicyclic) bond motifs is 4. The minimum atomic E-state index is -4.23. The molecule has 48 heavy (non-hydrogen) atoms. The van der Waals surface area contributed by atoms with Crippen LogP contribution in [-0.4, -0.2) is 76.4 Å². The molecule has 0 aromatic heterocycles. The third kappa shape index (κ3) is 6.41. The molecule has 10 nitrogen and oxygen atoms in total. The molecular weight excluding hydrogens is 654 g/mol. The second-order valence-electron chi connectivity index (χ2n) is 14.5. The number of hydrogen-bond acceptors (Lipinski definition) is 8. The summed E-state index contributed by atoms with van der Waals surface area (Å²) < 4.78 is 48.1. The van der Waals surface area contributed by atoms with E-state index < -0.39 is 27.6 Å². The lowest BCUT2D eigenvalue weighted by Crippen LogP contribution is -2.50. The molecule has 0 unspecified atom stereocenters. The largest absolute Gasteiger partial charge is 0.490 e. The summed E-state index contributed by atoms with van der Waals surface area (Å²) in [6.07, 6.45) is 9.48. The van der Waals surface area contributed by atoms with Crippen molar-refractivity contribution in [2.45, 2.75) is 80.8 Å². The Morgan fingerprint density at radius 3 is 2.67 bits per heavy atom. The number of amides is 2. The van der Waals surface area contributed by atoms with E-state index >= 15 is 0 Å². The summed E-state index contributed by atoms with van der Waals surface area (Å²) in [6, 6.07) is 10.9. The summed E-state index contributed by atoms with van der Waals surface area (Å²) in [4.78, 5) is 30.5. The number of anilines is 1. The molecule has 2 aromatic rings. The first-order chi connectivity index (χ1) is 22.9. The van der Waals surface area contributed by atoms with Crippen LogP contribution in [0.15, 0.2) is 53.4 Å². The Morgan fingerprint density at radius 2 is 1.90 bits per heavy atom. The molecule has 2 fully saturated rings. The Labute approximate surface area is 287 Å². The lowest BCUT2D eigenvalue weighted by molar-refractivity contribution is -0.139. The first kappa shape index (κ1) is 33.2. The molecule has 7 rings (SSSR count). The van der Waals surface area contributed by atoms with Crippen LogP contribution < -0.4 is 14.4 Å². The lowest BCUT2D eigenvalue weighted by atomic mass is 9.68. The molecule has 4 atom stereocenters. The van der Waals surface area contributed by atoms with E-state index in [4.69, 9.17) is 25.8 Å². The molecule has 1 spiro atoms. The average Bonchev–Trinajstić information content (AvgIpc) is 3.53. The summed E-state index contributed by atoms with van der Waals surface area (Å²) in [6.45, 7) is 6.17. The summed E-state index contributed by atoms with van der Waals surface area (Å²) in [7, 11) is -4.23. The molecule has 258 valence electrons. The smallest absolute Gasteiger partial charge is 0.410 e. The number of nitrogens with zero attached hydrogens (tertiary/aromatic N) is 2. The van der Waals surface area contributed by atoms with E-state index in [-0.39, 0.29) is 34.8 Å². The maximum Gasteiger partial charge on any atom is 0.410 e. The second-order valence-corrected chi connectivity index (χ2v) is 16.6. The lowest BCUT2D eigenvalue weighted by Gasteiger charge is -2.46. The van der Waals surface area contributed by atoms with Crippen molar-refractivity contribution in [2.24, 2.45) is 11.8 Å². The number of benzene rings is 2. The van der Waals surface area contributed by atoms with Gasteiger partial charge in [-0.25, -0.2) is 17.9 Å². The minimum absolute atomic E-state index is 0.0275. The van der Waals surface area contributed by atoms with Crippen LogP contribution in [0.2, 0.25) is 5.02 Å². The standard InChI is InChI=1S/C36H44ClN3O7S/c1-35(2)33(41)38-48(43,44)27-11-14-32-30(20-27)40(22-36(23-45-32)15-5-7-24-19-26(37)10-13-29(24)36)21-25-9-12-28(25)31(8-6-18-46-35)47-34(42)39-16-3-4-17-39/h6,8,10-11,13-14,19-20,25,28,31H,3-5,7,9,12,15-18,21-23H2,1-2H3,(H,38,41)/b8-6-/t25-,28+,31-,36-/m0/s1. The molecule has 2 aromatic carbocycles. The van der Waals surface area contributed by atoms with Crippen LogP contribution in [0.5, 0.6) is 5.75 Å². The third-order valence-corrected chi connectivity index (χ3v) is 12.5. The quantitative estimate of drug-likeness (QED) is 0.383. The Hall–Kier alpha value is -3.28. The van der Waals surface area contributed by atoms with E-state index in [0.29, 0.717) is 49.2 Å². The summed E-state index contributed by atoms with van der Waals surface area (Å²) in [5, 5.41) is 0.707. The van der Waals surface area contributed by atoms with Gasteiger partial charge < -0.3 is 24.0 Å². The summed E-state index contributed by atoms with van der Waals surface area (Å²) >= 11 is 6.43. The number of hydrogen-bond donors (Lipinski definition) is 1. The van der Waals surface area contributed by atoms with Gasteiger partial charge in [0.2, 0.25) is 0 Å². The number of likely N-dealkylation sites (tertiary alicyclic amines) is 1. The molecule has 5 aliphatic rings. The van der Waals surface area contributed by atoms with Crippen molar-refractivity contribution in [3.8, 4) is 5.75 Å². The van der Waals surface area contributed by atoms with Gasteiger partial charge in [0, 0.05) is 42.5 Å². The second kappa shape index (κ2) is 12.9. The monoisotopic (exact) mass is 697 g/mol. The predicted molar refractivity (Wildman–Crippen MR) is 182 cm³/mol. The fourth-order valence-electron chi connectivity index (χ4n) is 7.97. The van der Waals surface area contributed by atoms with E-state index in [0.717, 1.165) is 44.9 Å². The average molecular weight is 698 g/mol. The molecule has 3 aliphatic heterocycles. The van der Waals surface area contributed by atoms with Crippen LogP contribution in [0.3, 0.4) is 0 Å². The van der Waals surface area contributed by atoms with Gasteiger partial charge in [0.05, 0.1) is 23.8 Å². The Balaban J connectivity index is 1.29. The van der Waals surface area contributed by atoms with Crippen molar-refractivity contribution in [1.29, 1.82) is 0 Å². The molecule has 3 heterocycles. The number of carbonyl (C=O) groups excluding carboxylic acids is 2. The Kier molecular flexibility index (Phi) is 8.91. The van der Waals surface area contributed by atoms with Crippen LogP contribution >= 0.6 is 11.6 Å². The van der Waals surface area contributed by atoms with E-state index in [1.54, 1.807) is 23.1 Å². The topological polar surface area (TPSA) is 114 Å². The molecular formula is C36H44ClN3O7S. The molecule has 12 heteroatoms. The van der Waals surface area contributed by atoms with E-state index in [1.807, 2.05) is 12.1 Å². The first-order valence-corrected chi connectivity index (χ1v) is 18.9. The number of halogens is 1. The van der Waals surface area contributed by atoms with Crippen LogP contribution in [-0.2, 0) is 36.1 Å². The van der Waals surface area contributed by atoms with Crippen molar-refractivity contribution < 1.29 is 32.2 Å². The number of rotatable bonds is 1. The molecule has 1 N–H and O–H groups in total. The fraction of sp³-hybridized carbons (Fsp3) is 0.556. The van der Waals surface area contributed by atoms with E-state index in [1.165, 1.54) is 31.0 Å². The highest BCUT2D eigenvalue weighted by Gasteiger charge is 2.45. The molecule has 2 aliphatic carbocycles. The predicted octanol–water partition coefficient (Wildman–Crippen LogP) is 5.61. The van der Waals surface area contributed by atoms with E-state index in [2.05, 4.69) is 21.8 Å². The highest BCUT2D eigenvalue weighted by atomic mass is 35.5. The number of carbonyl (C=O) groups is 2. The van der Waals surface area contributed by atoms with Gasteiger partial charge in [0.1, 0.15) is 17.5 Å². The Morgan fingerprint density at radius 1 is 1.08 bits per heavy atom. The van der Waals surface area contributed by atoms with Crippen molar-refractivity contribution in [3.63, 3.8) is 0 Å². The minimum Gasteiger partial charge on any atom is -0.490 e. The molecule has 1 saturated heterocycles. The van der Waals surface area contributed by atoms with Gasteiger partial charge in [-0.1, -0.05) is 23.7 Å². The zero-order valence-corrected chi connectivity index (χ0v) is 29.2. The first-order valence-electron chi connectivity index (χ1n) is 17.1. The van der Waals surface area contributed by atoms with Crippen LogP contribution in [0.1, 0.15) is 63.5 Å². The number of aryl methyl sites for hydroxylation is 1. The van der Waals surface area contributed by atoms with Gasteiger partial charge in [-0.05, 0) is 112 Å². The third-order valence-electron chi connectivity index (χ3n) is 10.9. The van der Waals surface area contributed by atoms with Crippen LogP contribution in [0, 0.1) is 11.8 Å².